The maximum atomic E-state index is 11.2. The molecule has 1 N–H and O–H groups in total. The molecular formula is C14H20O3. The Morgan fingerprint density at radius 2 is 2.06 bits per heavy atom. The van der Waals surface area contributed by atoms with Crippen LogP contribution >= 0.6 is 0 Å². The van der Waals surface area contributed by atoms with Crippen molar-refractivity contribution >= 4 is 5.97 Å². The summed E-state index contributed by atoms with van der Waals surface area (Å²) in [5.41, 5.74) is 3.21. The highest BCUT2D eigenvalue weighted by Crippen LogP contribution is 2.21. The van der Waals surface area contributed by atoms with Gasteiger partial charge in [0.1, 0.15) is 0 Å². The molecule has 0 aliphatic rings. The number of aryl methyl sites for hydroxylation is 2. The molecule has 0 spiro atoms. The minimum Gasteiger partial charge on any atom is -0.466 e. The third-order valence-electron chi connectivity index (χ3n) is 2.84. The SMILES string of the molecule is CCOC(=O)CCC(O)c1ccc(C)c(C)c1. The summed E-state index contributed by atoms with van der Waals surface area (Å²) >= 11 is 0. The summed E-state index contributed by atoms with van der Waals surface area (Å²) in [7, 11) is 0. The Balaban J connectivity index is 2.54. The molecule has 94 valence electrons. The van der Waals surface area contributed by atoms with Gasteiger partial charge >= 0.3 is 5.97 Å². The van der Waals surface area contributed by atoms with Gasteiger partial charge in [0, 0.05) is 6.42 Å². The zero-order valence-corrected chi connectivity index (χ0v) is 10.7. The molecule has 0 amide bonds. The van der Waals surface area contributed by atoms with Crippen LogP contribution < -0.4 is 0 Å². The number of carbonyl (C=O) groups is 1. The molecular weight excluding hydrogens is 216 g/mol. The molecule has 0 bridgehead atoms. The Morgan fingerprint density at radius 3 is 2.65 bits per heavy atom. The van der Waals surface area contributed by atoms with Crippen molar-refractivity contribution in [3.05, 3.63) is 34.9 Å². The number of ether oxygens (including phenoxy) is 1. The van der Waals surface area contributed by atoms with E-state index in [1.54, 1.807) is 6.92 Å². The predicted molar refractivity (Wildman–Crippen MR) is 66.7 cm³/mol. The zero-order chi connectivity index (χ0) is 12.8. The van der Waals surface area contributed by atoms with Gasteiger partial charge in [0.15, 0.2) is 0 Å². The van der Waals surface area contributed by atoms with Gasteiger partial charge in [-0.25, -0.2) is 0 Å². The van der Waals surface area contributed by atoms with Crippen LogP contribution in [0.4, 0.5) is 0 Å². The topological polar surface area (TPSA) is 46.5 Å². The van der Waals surface area contributed by atoms with Crippen LogP contribution in [0.2, 0.25) is 0 Å². The molecule has 0 saturated heterocycles. The van der Waals surface area contributed by atoms with Crippen LogP contribution in [-0.2, 0) is 9.53 Å². The van der Waals surface area contributed by atoms with E-state index in [0.29, 0.717) is 13.0 Å². The van der Waals surface area contributed by atoms with Crippen molar-refractivity contribution in [2.45, 2.75) is 39.7 Å². The van der Waals surface area contributed by atoms with Gasteiger partial charge in [-0.05, 0) is 43.9 Å². The van der Waals surface area contributed by atoms with Gasteiger partial charge < -0.3 is 9.84 Å². The minimum absolute atomic E-state index is 0.252. The van der Waals surface area contributed by atoms with Gasteiger partial charge in [0.05, 0.1) is 12.7 Å². The molecule has 1 aromatic carbocycles. The molecule has 0 aliphatic carbocycles. The summed E-state index contributed by atoms with van der Waals surface area (Å²) in [5.74, 6) is -0.254. The lowest BCUT2D eigenvalue weighted by atomic mass is 10.00. The van der Waals surface area contributed by atoms with Crippen LogP contribution in [0.25, 0.3) is 0 Å². The Kier molecular flexibility index (Phi) is 5.16. The first-order chi connectivity index (χ1) is 8.04. The molecule has 0 aliphatic heterocycles. The second-order valence-electron chi connectivity index (χ2n) is 4.20. The minimum atomic E-state index is -0.598. The second kappa shape index (κ2) is 6.40. The van der Waals surface area contributed by atoms with E-state index >= 15 is 0 Å². The smallest absolute Gasteiger partial charge is 0.305 e. The first-order valence-electron chi connectivity index (χ1n) is 5.95. The van der Waals surface area contributed by atoms with E-state index in [1.165, 1.54) is 5.56 Å². The molecule has 17 heavy (non-hydrogen) atoms. The van der Waals surface area contributed by atoms with Gasteiger partial charge in [0.25, 0.3) is 0 Å². The van der Waals surface area contributed by atoms with Crippen LogP contribution in [0.3, 0.4) is 0 Å². The normalized spacial score (nSPS) is 12.2. The van der Waals surface area contributed by atoms with Gasteiger partial charge in [0.2, 0.25) is 0 Å². The number of carbonyl (C=O) groups excluding carboxylic acids is 1. The van der Waals surface area contributed by atoms with Gasteiger partial charge in [-0.3, -0.25) is 4.79 Å². The first kappa shape index (κ1) is 13.7. The maximum absolute atomic E-state index is 11.2. The lowest BCUT2D eigenvalue weighted by molar-refractivity contribution is -0.143. The average Bonchev–Trinajstić information content (AvgIpc) is 2.30. The van der Waals surface area contributed by atoms with E-state index in [0.717, 1.165) is 11.1 Å². The van der Waals surface area contributed by atoms with Crippen LogP contribution in [0.5, 0.6) is 0 Å². The lowest BCUT2D eigenvalue weighted by Crippen LogP contribution is -2.07. The third kappa shape index (κ3) is 4.19. The van der Waals surface area contributed by atoms with Crippen molar-refractivity contribution in [3.8, 4) is 0 Å². The quantitative estimate of drug-likeness (QED) is 0.799. The van der Waals surface area contributed by atoms with Crippen molar-refractivity contribution < 1.29 is 14.6 Å². The summed E-state index contributed by atoms with van der Waals surface area (Å²) in [6.07, 6.45) is 0.0576. The van der Waals surface area contributed by atoms with E-state index in [9.17, 15) is 9.90 Å². The van der Waals surface area contributed by atoms with Crippen molar-refractivity contribution in [1.29, 1.82) is 0 Å². The van der Waals surface area contributed by atoms with E-state index in [1.807, 2.05) is 32.0 Å². The molecule has 1 unspecified atom stereocenters. The molecule has 0 aromatic heterocycles. The van der Waals surface area contributed by atoms with Crippen molar-refractivity contribution in [1.82, 2.24) is 0 Å². The number of esters is 1. The molecule has 1 aromatic rings. The largest absolute Gasteiger partial charge is 0.466 e. The van der Waals surface area contributed by atoms with Gasteiger partial charge in [-0.1, -0.05) is 18.2 Å². The second-order valence-corrected chi connectivity index (χ2v) is 4.20. The molecule has 3 heteroatoms. The van der Waals surface area contributed by atoms with Crippen LogP contribution in [0.1, 0.15) is 42.6 Å². The van der Waals surface area contributed by atoms with E-state index in [-0.39, 0.29) is 12.4 Å². The van der Waals surface area contributed by atoms with Crippen molar-refractivity contribution in [2.24, 2.45) is 0 Å². The Labute approximate surface area is 102 Å². The number of aliphatic hydroxyl groups is 1. The summed E-state index contributed by atoms with van der Waals surface area (Å²) in [6, 6.07) is 5.85. The van der Waals surface area contributed by atoms with Gasteiger partial charge in [-0.2, -0.15) is 0 Å². The summed E-state index contributed by atoms with van der Waals surface area (Å²) < 4.78 is 4.82. The highest BCUT2D eigenvalue weighted by Gasteiger charge is 2.11. The summed E-state index contributed by atoms with van der Waals surface area (Å²) in [6.45, 7) is 6.21. The van der Waals surface area contributed by atoms with Gasteiger partial charge in [-0.15, -0.1) is 0 Å². The Bertz CT molecular complexity index is 385. The molecule has 0 fully saturated rings. The molecule has 0 saturated carbocycles. The fourth-order valence-electron chi connectivity index (χ4n) is 1.63. The van der Waals surface area contributed by atoms with Crippen LogP contribution in [0.15, 0.2) is 18.2 Å². The zero-order valence-electron chi connectivity index (χ0n) is 10.7. The van der Waals surface area contributed by atoms with E-state index in [4.69, 9.17) is 4.74 Å². The average molecular weight is 236 g/mol. The lowest BCUT2D eigenvalue weighted by Gasteiger charge is -2.12. The van der Waals surface area contributed by atoms with E-state index in [2.05, 4.69) is 0 Å². The fourth-order valence-corrected chi connectivity index (χ4v) is 1.63. The monoisotopic (exact) mass is 236 g/mol. The number of aliphatic hydroxyl groups excluding tert-OH is 1. The molecule has 1 rings (SSSR count). The highest BCUT2D eigenvalue weighted by molar-refractivity contribution is 5.69. The van der Waals surface area contributed by atoms with E-state index < -0.39 is 6.10 Å². The van der Waals surface area contributed by atoms with Crippen LogP contribution in [-0.4, -0.2) is 17.7 Å². The summed E-state index contributed by atoms with van der Waals surface area (Å²) in [5, 5.41) is 9.95. The number of hydrogen-bond donors (Lipinski definition) is 1. The Hall–Kier alpha value is -1.35. The molecule has 0 radical (unpaired) electrons. The number of rotatable bonds is 5. The maximum Gasteiger partial charge on any atom is 0.305 e. The molecule has 0 heterocycles. The predicted octanol–water partition coefficient (Wildman–Crippen LogP) is 2.68. The number of hydrogen-bond acceptors (Lipinski definition) is 3. The first-order valence-corrected chi connectivity index (χ1v) is 5.95. The van der Waals surface area contributed by atoms with Crippen molar-refractivity contribution in [2.75, 3.05) is 6.61 Å². The van der Waals surface area contributed by atoms with Crippen molar-refractivity contribution in [3.63, 3.8) is 0 Å². The standard InChI is InChI=1S/C14H20O3/c1-4-17-14(16)8-7-13(15)12-6-5-10(2)11(3)9-12/h5-6,9,13,15H,4,7-8H2,1-3H3. The Morgan fingerprint density at radius 1 is 1.35 bits per heavy atom. The molecule has 3 nitrogen and oxygen atoms in total. The number of benzene rings is 1. The highest BCUT2D eigenvalue weighted by atomic mass is 16.5. The third-order valence-corrected chi connectivity index (χ3v) is 2.84. The molecule has 1 atom stereocenters. The summed E-state index contributed by atoms with van der Waals surface area (Å²) in [4.78, 5) is 11.2. The van der Waals surface area contributed by atoms with Crippen LogP contribution in [0, 0.1) is 13.8 Å². The fraction of sp³-hybridized carbons (Fsp3) is 0.500.